The number of nitrogens with one attached hydrogen (secondary N) is 1. The molecule has 5 heteroatoms. The third-order valence-corrected chi connectivity index (χ3v) is 6.49. The number of halogens is 1. The lowest BCUT2D eigenvalue weighted by Gasteiger charge is -2.20. The molecule has 2 aromatic heterocycles. The van der Waals surface area contributed by atoms with E-state index in [2.05, 4.69) is 47.8 Å². The van der Waals surface area contributed by atoms with Crippen molar-refractivity contribution in [3.63, 3.8) is 0 Å². The monoisotopic (exact) mass is 388 g/mol. The van der Waals surface area contributed by atoms with Crippen LogP contribution in [-0.2, 0) is 0 Å². The van der Waals surface area contributed by atoms with Crippen molar-refractivity contribution in [1.82, 2.24) is 0 Å². The summed E-state index contributed by atoms with van der Waals surface area (Å²) in [4.78, 5) is 5.89. The Balaban J connectivity index is 1.66. The van der Waals surface area contributed by atoms with Gasteiger partial charge >= 0.3 is 0 Å². The van der Waals surface area contributed by atoms with Gasteiger partial charge < -0.3 is 9.73 Å². The first-order chi connectivity index (χ1) is 13.3. The summed E-state index contributed by atoms with van der Waals surface area (Å²) >= 11 is 8.14. The molecule has 3 aromatic carbocycles. The zero-order valence-electron chi connectivity index (χ0n) is 14.1. The van der Waals surface area contributed by atoms with Crippen LogP contribution in [0.2, 0.25) is 0 Å². The Labute approximate surface area is 163 Å². The molecule has 1 N–H and O–H groups in total. The van der Waals surface area contributed by atoms with Gasteiger partial charge in [-0.15, -0.1) is 11.3 Å². The number of anilines is 1. The second-order valence-corrected chi connectivity index (χ2v) is 8.05. The Bertz CT molecular complexity index is 1380. The molecular weight excluding hydrogens is 376 g/mol. The molecule has 130 valence electrons. The largest absolute Gasteiger partial charge is 0.456 e. The lowest BCUT2D eigenvalue weighted by molar-refractivity contribution is 0.658. The maximum absolute atomic E-state index is 6.39. The number of nitrogens with zero attached hydrogens (tertiary/aromatic N) is 1. The van der Waals surface area contributed by atoms with Crippen LogP contribution in [0.5, 0.6) is 0 Å². The molecule has 0 radical (unpaired) electrons. The number of para-hydroxylation sites is 2. The summed E-state index contributed by atoms with van der Waals surface area (Å²) < 4.78 is 7.45. The second-order valence-electron chi connectivity index (χ2n) is 6.61. The summed E-state index contributed by atoms with van der Waals surface area (Å²) in [7, 11) is 0. The van der Waals surface area contributed by atoms with E-state index >= 15 is 0 Å². The fraction of sp³-hybridized carbons (Fsp3) is 0.0455. The van der Waals surface area contributed by atoms with Crippen molar-refractivity contribution in [2.45, 2.75) is 6.04 Å². The molecule has 0 aliphatic carbocycles. The number of hydrogen-bond donors (Lipinski definition) is 1. The first kappa shape index (κ1) is 15.3. The third-order valence-electron chi connectivity index (χ3n) is 5.07. The molecule has 6 rings (SSSR count). The molecule has 0 bridgehead atoms. The second kappa shape index (κ2) is 5.59. The van der Waals surface area contributed by atoms with Crippen molar-refractivity contribution in [3.05, 3.63) is 77.2 Å². The minimum Gasteiger partial charge on any atom is -0.456 e. The SMILES string of the molecule is ClC1=NC(c2cccc3c2oc2ccccc23)c2sc3ccccc3c2N1. The van der Waals surface area contributed by atoms with Crippen molar-refractivity contribution >= 4 is 65.9 Å². The number of fused-ring (bicyclic) bond motifs is 6. The minimum absolute atomic E-state index is 0.185. The van der Waals surface area contributed by atoms with E-state index in [1.807, 2.05) is 24.3 Å². The Morgan fingerprint density at radius 3 is 2.59 bits per heavy atom. The van der Waals surface area contributed by atoms with Gasteiger partial charge in [0.25, 0.3) is 0 Å². The Morgan fingerprint density at radius 1 is 0.889 bits per heavy atom. The minimum atomic E-state index is -0.185. The van der Waals surface area contributed by atoms with Gasteiger partial charge in [-0.05, 0) is 23.7 Å². The maximum atomic E-state index is 6.39. The summed E-state index contributed by atoms with van der Waals surface area (Å²) in [5, 5.41) is 7.06. The Hall–Kier alpha value is -2.82. The number of furan rings is 1. The molecule has 0 saturated carbocycles. The number of benzene rings is 3. The van der Waals surface area contributed by atoms with Crippen molar-refractivity contribution in [1.29, 1.82) is 0 Å². The van der Waals surface area contributed by atoms with Crippen LogP contribution < -0.4 is 5.32 Å². The van der Waals surface area contributed by atoms with Gasteiger partial charge in [0.2, 0.25) is 0 Å². The molecule has 3 nitrogen and oxygen atoms in total. The molecule has 0 amide bonds. The van der Waals surface area contributed by atoms with Crippen molar-refractivity contribution < 1.29 is 4.42 Å². The van der Waals surface area contributed by atoms with E-state index in [9.17, 15) is 0 Å². The quantitative estimate of drug-likeness (QED) is 0.317. The molecule has 1 unspecified atom stereocenters. The van der Waals surface area contributed by atoms with Gasteiger partial charge in [0.05, 0.1) is 10.6 Å². The van der Waals surface area contributed by atoms with Gasteiger partial charge in [-0.3, -0.25) is 0 Å². The average Bonchev–Trinajstić information content (AvgIpc) is 3.26. The smallest absolute Gasteiger partial charge is 0.196 e. The summed E-state index contributed by atoms with van der Waals surface area (Å²) in [6.45, 7) is 0. The predicted molar refractivity (Wildman–Crippen MR) is 114 cm³/mol. The van der Waals surface area contributed by atoms with E-state index in [0.717, 1.165) is 38.1 Å². The summed E-state index contributed by atoms with van der Waals surface area (Å²) in [5.74, 6) is 0. The topological polar surface area (TPSA) is 37.5 Å². The van der Waals surface area contributed by atoms with E-state index < -0.39 is 0 Å². The first-order valence-corrected chi connectivity index (χ1v) is 9.91. The molecule has 3 heterocycles. The zero-order chi connectivity index (χ0) is 18.0. The molecular formula is C22H13ClN2OS. The van der Waals surface area contributed by atoms with E-state index in [0.29, 0.717) is 5.29 Å². The molecule has 0 spiro atoms. The highest BCUT2D eigenvalue weighted by Gasteiger charge is 2.29. The fourth-order valence-corrected chi connectivity index (χ4v) is 5.30. The lowest BCUT2D eigenvalue weighted by Crippen LogP contribution is -2.15. The van der Waals surface area contributed by atoms with Gasteiger partial charge in [-0.2, -0.15) is 0 Å². The van der Waals surface area contributed by atoms with Crippen LogP contribution in [0, 0.1) is 0 Å². The van der Waals surface area contributed by atoms with Gasteiger partial charge in [-0.1, -0.05) is 54.6 Å². The molecule has 1 aliphatic heterocycles. The molecule has 0 saturated heterocycles. The van der Waals surface area contributed by atoms with Crippen LogP contribution in [-0.4, -0.2) is 5.29 Å². The molecule has 1 aliphatic rings. The van der Waals surface area contributed by atoms with E-state index in [1.54, 1.807) is 11.3 Å². The lowest BCUT2D eigenvalue weighted by atomic mass is 10.0. The van der Waals surface area contributed by atoms with Gasteiger partial charge in [0.15, 0.2) is 5.29 Å². The number of aliphatic imine (C=N–C) groups is 1. The fourth-order valence-electron chi connectivity index (χ4n) is 3.89. The van der Waals surface area contributed by atoms with Crippen molar-refractivity contribution in [3.8, 4) is 0 Å². The van der Waals surface area contributed by atoms with E-state index in [-0.39, 0.29) is 6.04 Å². The molecule has 0 fully saturated rings. The van der Waals surface area contributed by atoms with Gasteiger partial charge in [0.1, 0.15) is 17.2 Å². The Kier molecular flexibility index (Phi) is 3.16. The van der Waals surface area contributed by atoms with Crippen LogP contribution in [0.15, 0.2) is 76.1 Å². The van der Waals surface area contributed by atoms with Crippen LogP contribution in [0.3, 0.4) is 0 Å². The van der Waals surface area contributed by atoms with Crippen LogP contribution in [0.1, 0.15) is 16.5 Å². The van der Waals surface area contributed by atoms with Crippen molar-refractivity contribution in [2.24, 2.45) is 4.99 Å². The third kappa shape index (κ3) is 2.17. The number of amidine groups is 1. The normalized spacial score (nSPS) is 16.5. The first-order valence-electron chi connectivity index (χ1n) is 8.71. The summed E-state index contributed by atoms with van der Waals surface area (Å²) in [6.07, 6.45) is 0. The number of rotatable bonds is 1. The standard InChI is InChI=1S/C22H13ClN2OS/c23-22-24-18-14-7-2-4-11-17(14)27-21(18)19(25-22)15-9-5-8-13-12-6-1-3-10-16(12)26-20(13)15/h1-11,19H,(H,24,25). The predicted octanol–water partition coefficient (Wildman–Crippen LogP) is 6.91. The van der Waals surface area contributed by atoms with Crippen LogP contribution >= 0.6 is 22.9 Å². The molecule has 27 heavy (non-hydrogen) atoms. The maximum Gasteiger partial charge on any atom is 0.196 e. The highest BCUT2D eigenvalue weighted by molar-refractivity contribution is 7.20. The summed E-state index contributed by atoms with van der Waals surface area (Å²) in [6, 6.07) is 22.5. The number of thiophene rings is 1. The summed E-state index contributed by atoms with van der Waals surface area (Å²) in [5.41, 5.74) is 3.85. The molecule has 5 aromatic rings. The number of hydrogen-bond acceptors (Lipinski definition) is 4. The highest BCUT2D eigenvalue weighted by atomic mass is 35.5. The zero-order valence-corrected chi connectivity index (χ0v) is 15.6. The average molecular weight is 389 g/mol. The van der Waals surface area contributed by atoms with Crippen molar-refractivity contribution in [2.75, 3.05) is 5.32 Å². The highest BCUT2D eigenvalue weighted by Crippen LogP contribution is 2.47. The Morgan fingerprint density at radius 2 is 1.67 bits per heavy atom. The van der Waals surface area contributed by atoms with Gasteiger partial charge in [-0.25, -0.2) is 4.99 Å². The van der Waals surface area contributed by atoms with E-state index in [4.69, 9.17) is 21.0 Å². The molecule has 1 atom stereocenters. The van der Waals surface area contributed by atoms with Crippen LogP contribution in [0.4, 0.5) is 5.69 Å². The van der Waals surface area contributed by atoms with E-state index in [1.165, 1.54) is 10.1 Å². The van der Waals surface area contributed by atoms with Gasteiger partial charge in [0, 0.05) is 26.4 Å². The van der Waals surface area contributed by atoms with Crippen LogP contribution in [0.25, 0.3) is 32.0 Å².